The Kier molecular flexibility index (Phi) is 39.3. The first kappa shape index (κ1) is 68.5. The summed E-state index contributed by atoms with van der Waals surface area (Å²) >= 11 is 0. The van der Waals surface area contributed by atoms with Crippen LogP contribution in [0.4, 0.5) is 0 Å². The zero-order valence-corrected chi connectivity index (χ0v) is 47.6. The average molecular weight is 1060 g/mol. The van der Waals surface area contributed by atoms with Gasteiger partial charge in [-0.3, -0.25) is 0 Å². The van der Waals surface area contributed by atoms with E-state index in [4.69, 9.17) is 9.47 Å². The fourth-order valence-corrected chi connectivity index (χ4v) is 9.70. The number of ether oxygens (including phenoxy) is 2. The molecule has 12 heteroatoms. The number of hydrogen-bond donors (Lipinski definition) is 4. The number of carboxylic acids is 4. The molecule has 0 amide bonds. The lowest BCUT2D eigenvalue weighted by atomic mass is 9.87. The van der Waals surface area contributed by atoms with Crippen molar-refractivity contribution in [2.24, 2.45) is 11.8 Å². The van der Waals surface area contributed by atoms with Crippen molar-refractivity contribution in [3.05, 3.63) is 105 Å². The monoisotopic (exact) mass is 1060 g/mol. The van der Waals surface area contributed by atoms with Crippen LogP contribution in [-0.2, 0) is 22.3 Å². The highest BCUT2D eigenvalue weighted by Crippen LogP contribution is 2.27. The van der Waals surface area contributed by atoms with Crippen LogP contribution in [0.2, 0.25) is 0 Å². The smallest absolute Gasteiger partial charge is 0.339 e. The number of hydrogen-bond acceptors (Lipinski definition) is 8. The van der Waals surface area contributed by atoms with Gasteiger partial charge in [0.2, 0.25) is 0 Å². The van der Waals surface area contributed by atoms with Crippen LogP contribution in [0.3, 0.4) is 0 Å². The summed E-state index contributed by atoms with van der Waals surface area (Å²) in [6.45, 7) is 13.8. The number of benzene rings is 3. The Morgan fingerprint density at radius 3 is 0.947 bits per heavy atom. The van der Waals surface area contributed by atoms with Gasteiger partial charge < -0.3 is 29.9 Å². The third kappa shape index (κ3) is 29.1. The summed E-state index contributed by atoms with van der Waals surface area (Å²) < 4.78 is 10.8. The molecule has 0 fully saturated rings. The lowest BCUT2D eigenvalue weighted by Crippen LogP contribution is -2.15. The van der Waals surface area contributed by atoms with Crippen molar-refractivity contribution in [1.29, 1.82) is 0 Å². The molecule has 3 rings (SSSR count). The summed E-state index contributed by atoms with van der Waals surface area (Å²) in [7, 11) is 0. The van der Waals surface area contributed by atoms with E-state index in [1.165, 1.54) is 102 Å². The number of unbranched alkanes of at least 4 members (excludes halogenated alkanes) is 18. The van der Waals surface area contributed by atoms with Crippen LogP contribution in [0.15, 0.2) is 60.7 Å². The van der Waals surface area contributed by atoms with Gasteiger partial charge in [0, 0.05) is 0 Å². The van der Waals surface area contributed by atoms with Gasteiger partial charge in [-0.2, -0.15) is 0 Å². The fourth-order valence-electron chi connectivity index (χ4n) is 9.70. The average Bonchev–Trinajstić information content (AvgIpc) is 3.40. The molecule has 76 heavy (non-hydrogen) atoms. The summed E-state index contributed by atoms with van der Waals surface area (Å²) in [5.41, 5.74) is 1.55. The number of aromatic carboxylic acids is 4. The molecule has 0 saturated heterocycles. The zero-order chi connectivity index (χ0) is 56.4. The lowest BCUT2D eigenvalue weighted by Gasteiger charge is -2.18. The van der Waals surface area contributed by atoms with Crippen LogP contribution >= 0.6 is 0 Å². The van der Waals surface area contributed by atoms with E-state index in [0.717, 1.165) is 89.9 Å². The highest BCUT2D eigenvalue weighted by Gasteiger charge is 2.24. The van der Waals surface area contributed by atoms with Crippen LogP contribution in [0.5, 0.6) is 0 Å². The highest BCUT2D eigenvalue weighted by molar-refractivity contribution is 6.04. The van der Waals surface area contributed by atoms with Crippen molar-refractivity contribution < 1.29 is 58.7 Å². The minimum Gasteiger partial charge on any atom is -0.478 e. The first-order chi connectivity index (χ1) is 36.7. The third-order valence-corrected chi connectivity index (χ3v) is 13.9. The minimum atomic E-state index is -1.18. The van der Waals surface area contributed by atoms with Crippen molar-refractivity contribution in [2.75, 3.05) is 13.2 Å². The SMILES string of the molecule is CCCCCC(CCC)Cc1cccc(C(=O)O)c1C(=O)O.CCCCCC(CCC)Cc1cccc(C(=O)O)c1C(=O)O.CCCCCCCCCCCOC(=O)c1ccccc1C(=O)OCCCCCCCCC. The van der Waals surface area contributed by atoms with Crippen molar-refractivity contribution in [3.8, 4) is 0 Å². The summed E-state index contributed by atoms with van der Waals surface area (Å²) in [6.07, 6.45) is 33.7. The Balaban J connectivity index is 0.000000586. The molecule has 0 aliphatic heterocycles. The Hall–Kier alpha value is -5.52. The lowest BCUT2D eigenvalue weighted by molar-refractivity contribution is 0.0450. The van der Waals surface area contributed by atoms with E-state index in [2.05, 4.69) is 41.5 Å². The van der Waals surface area contributed by atoms with Crippen molar-refractivity contribution >= 4 is 35.8 Å². The Morgan fingerprint density at radius 2 is 0.645 bits per heavy atom. The van der Waals surface area contributed by atoms with Crippen LogP contribution in [0.25, 0.3) is 0 Å². The van der Waals surface area contributed by atoms with E-state index < -0.39 is 35.8 Å². The molecule has 3 aromatic carbocycles. The topological polar surface area (TPSA) is 202 Å². The predicted octanol–water partition coefficient (Wildman–Crippen LogP) is 17.5. The van der Waals surface area contributed by atoms with Gasteiger partial charge in [0.15, 0.2) is 0 Å². The molecular formula is C64H98O12. The molecule has 0 aromatic heterocycles. The molecule has 0 aliphatic carbocycles. The van der Waals surface area contributed by atoms with Gasteiger partial charge in [-0.1, -0.05) is 245 Å². The van der Waals surface area contributed by atoms with E-state index in [9.17, 15) is 49.2 Å². The Bertz CT molecular complexity index is 2000. The summed E-state index contributed by atoms with van der Waals surface area (Å²) in [4.78, 5) is 70.4. The van der Waals surface area contributed by atoms with Gasteiger partial charge in [-0.15, -0.1) is 0 Å². The fraction of sp³-hybridized carbons (Fsp3) is 0.625. The largest absolute Gasteiger partial charge is 0.478 e. The van der Waals surface area contributed by atoms with E-state index in [1.807, 2.05) is 0 Å². The maximum atomic E-state index is 12.5. The summed E-state index contributed by atoms with van der Waals surface area (Å²) in [6, 6.07) is 16.3. The zero-order valence-electron chi connectivity index (χ0n) is 47.6. The number of carbonyl (C=O) groups is 6. The number of rotatable bonds is 40. The molecule has 0 saturated carbocycles. The molecule has 2 unspecified atom stereocenters. The molecule has 0 radical (unpaired) electrons. The van der Waals surface area contributed by atoms with E-state index in [0.29, 0.717) is 60.1 Å². The van der Waals surface area contributed by atoms with Gasteiger partial charge in [0.25, 0.3) is 0 Å². The number of esters is 2. The Morgan fingerprint density at radius 1 is 0.342 bits per heavy atom. The first-order valence-electron chi connectivity index (χ1n) is 29.3. The maximum absolute atomic E-state index is 12.5. The standard InChI is InChI=1S/C28H46O4.2C18H26O4/c1-3-5-7-9-11-12-14-16-20-24-32-28(30)26-22-18-17-21-25(26)27(29)31-23-19-15-13-10-8-6-4-2;2*1-3-5-6-9-13(8-4-2)12-14-10-7-11-15(17(19)20)16(14)18(21)22/h17-18,21-22H,3-16,19-20,23-24H2,1-2H3;2*7,10-11,13H,3-6,8-9,12H2,1-2H3,(H,19,20)(H,21,22). The van der Waals surface area contributed by atoms with Gasteiger partial charge in [-0.25, -0.2) is 28.8 Å². The predicted molar refractivity (Wildman–Crippen MR) is 305 cm³/mol. The summed E-state index contributed by atoms with van der Waals surface area (Å²) in [5.74, 6) is -4.72. The molecule has 0 heterocycles. The normalized spacial score (nSPS) is 11.6. The molecule has 0 aliphatic rings. The van der Waals surface area contributed by atoms with Crippen molar-refractivity contribution in [1.82, 2.24) is 0 Å². The van der Waals surface area contributed by atoms with Crippen molar-refractivity contribution in [3.63, 3.8) is 0 Å². The van der Waals surface area contributed by atoms with Gasteiger partial charge in [0.05, 0.1) is 46.6 Å². The Labute approximate surface area is 457 Å². The van der Waals surface area contributed by atoms with Gasteiger partial charge in [0.1, 0.15) is 0 Å². The quantitative estimate of drug-likeness (QED) is 0.0311. The maximum Gasteiger partial charge on any atom is 0.339 e. The molecule has 3 aromatic rings. The van der Waals surface area contributed by atoms with E-state index >= 15 is 0 Å². The van der Waals surface area contributed by atoms with Crippen LogP contribution in [0.1, 0.15) is 295 Å². The molecule has 0 bridgehead atoms. The molecule has 2 atom stereocenters. The summed E-state index contributed by atoms with van der Waals surface area (Å²) in [5, 5.41) is 37.2. The van der Waals surface area contributed by atoms with Crippen LogP contribution < -0.4 is 0 Å². The second-order valence-corrected chi connectivity index (χ2v) is 20.4. The van der Waals surface area contributed by atoms with Crippen LogP contribution in [-0.4, -0.2) is 69.5 Å². The third-order valence-electron chi connectivity index (χ3n) is 13.9. The second-order valence-electron chi connectivity index (χ2n) is 20.4. The van der Waals surface area contributed by atoms with Crippen LogP contribution in [0, 0.1) is 11.8 Å². The van der Waals surface area contributed by atoms with Gasteiger partial charge in [-0.05, 0) is 72.9 Å². The highest BCUT2D eigenvalue weighted by atomic mass is 16.5. The molecule has 426 valence electrons. The number of carbonyl (C=O) groups excluding carboxylic acids is 2. The molecule has 0 spiro atoms. The second kappa shape index (κ2) is 43.6. The van der Waals surface area contributed by atoms with Gasteiger partial charge >= 0.3 is 35.8 Å². The van der Waals surface area contributed by atoms with E-state index in [-0.39, 0.29) is 22.3 Å². The number of carboxylic acid groups (broad SMARTS) is 4. The molecule has 4 N–H and O–H groups in total. The van der Waals surface area contributed by atoms with E-state index in [1.54, 1.807) is 48.5 Å². The minimum absolute atomic E-state index is 0.0494. The first-order valence-corrected chi connectivity index (χ1v) is 29.3. The van der Waals surface area contributed by atoms with Crippen molar-refractivity contribution in [2.45, 2.75) is 234 Å². The molecule has 12 nitrogen and oxygen atoms in total. The molecular weight excluding hydrogens is 961 g/mol.